The minimum Gasteiger partial charge on any atom is -0.371 e. The Bertz CT molecular complexity index is 648. The highest BCUT2D eigenvalue weighted by Gasteiger charge is 2.13. The van der Waals surface area contributed by atoms with E-state index in [1.165, 1.54) is 0 Å². The largest absolute Gasteiger partial charge is 0.371 e. The summed E-state index contributed by atoms with van der Waals surface area (Å²) < 4.78 is 1.65. The van der Waals surface area contributed by atoms with Crippen LogP contribution in [0, 0.1) is 0 Å². The van der Waals surface area contributed by atoms with E-state index in [-0.39, 0.29) is 5.91 Å². The minimum atomic E-state index is -0.500. The molecule has 2 rings (SSSR count). The lowest BCUT2D eigenvalue weighted by molar-refractivity contribution is -0.116. The average Bonchev–Trinajstić information content (AvgIpc) is 2.84. The van der Waals surface area contributed by atoms with Gasteiger partial charge in [0.2, 0.25) is 11.8 Å². The molecule has 1 atom stereocenters. The number of carbonyl (C=O) groups excluding carboxylic acids is 2. The topological polar surface area (TPSA) is 102 Å². The predicted molar refractivity (Wildman–Crippen MR) is 79.9 cm³/mol. The maximum Gasteiger partial charge on any atom is 0.248 e. The Kier molecular flexibility index (Phi) is 4.22. The van der Waals surface area contributed by atoms with Crippen LogP contribution in [0.2, 0.25) is 0 Å². The quantitative estimate of drug-likeness (QED) is 0.762. The van der Waals surface area contributed by atoms with Crippen molar-refractivity contribution in [1.29, 1.82) is 0 Å². The molecular weight excluding hydrogens is 270 g/mol. The number of aryl methyl sites for hydroxylation is 1. The third kappa shape index (κ3) is 3.82. The lowest BCUT2D eigenvalue weighted by atomic mass is 10.2. The van der Waals surface area contributed by atoms with Gasteiger partial charge in [-0.3, -0.25) is 14.3 Å². The number of rotatable bonds is 5. The molecule has 1 aromatic carbocycles. The van der Waals surface area contributed by atoms with E-state index in [9.17, 15) is 9.59 Å². The molecule has 110 valence electrons. The number of amides is 2. The van der Waals surface area contributed by atoms with E-state index in [1.807, 2.05) is 0 Å². The molecule has 7 nitrogen and oxygen atoms in total. The molecule has 0 radical (unpaired) electrons. The van der Waals surface area contributed by atoms with Gasteiger partial charge in [-0.05, 0) is 31.2 Å². The summed E-state index contributed by atoms with van der Waals surface area (Å²) >= 11 is 0. The van der Waals surface area contributed by atoms with E-state index in [4.69, 9.17) is 5.73 Å². The SMILES string of the molecule is CC(Nc1cnn(C)c1)C(=O)Nc1ccc(C(N)=O)cc1. The van der Waals surface area contributed by atoms with Gasteiger partial charge in [-0.2, -0.15) is 5.10 Å². The standard InChI is InChI=1S/C14H17N5O2/c1-9(17-12-7-16-19(2)8-12)14(21)18-11-5-3-10(4-6-11)13(15)20/h3-9,17H,1-2H3,(H2,15,20)(H,18,21). The van der Waals surface area contributed by atoms with Crippen molar-refractivity contribution in [3.63, 3.8) is 0 Å². The molecule has 0 bridgehead atoms. The number of anilines is 2. The van der Waals surface area contributed by atoms with E-state index < -0.39 is 11.9 Å². The van der Waals surface area contributed by atoms with Crippen molar-refractivity contribution in [1.82, 2.24) is 9.78 Å². The Morgan fingerprint density at radius 3 is 2.43 bits per heavy atom. The molecule has 2 aromatic rings. The van der Waals surface area contributed by atoms with Gasteiger partial charge >= 0.3 is 0 Å². The number of carbonyl (C=O) groups is 2. The fourth-order valence-electron chi connectivity index (χ4n) is 1.78. The third-order valence-corrected chi connectivity index (χ3v) is 2.92. The maximum absolute atomic E-state index is 12.0. The first-order valence-electron chi connectivity index (χ1n) is 6.41. The highest BCUT2D eigenvalue weighted by atomic mass is 16.2. The molecule has 0 saturated carbocycles. The van der Waals surface area contributed by atoms with Crippen molar-refractivity contribution < 1.29 is 9.59 Å². The Balaban J connectivity index is 1.95. The van der Waals surface area contributed by atoms with Crippen LogP contribution in [0.15, 0.2) is 36.7 Å². The first-order chi connectivity index (χ1) is 9.95. The van der Waals surface area contributed by atoms with E-state index in [1.54, 1.807) is 55.3 Å². The van der Waals surface area contributed by atoms with Gasteiger partial charge in [0, 0.05) is 24.5 Å². The second kappa shape index (κ2) is 6.08. The Labute approximate surface area is 122 Å². The number of hydrogen-bond acceptors (Lipinski definition) is 4. The second-order valence-electron chi connectivity index (χ2n) is 4.70. The van der Waals surface area contributed by atoms with Gasteiger partial charge in [0.25, 0.3) is 0 Å². The van der Waals surface area contributed by atoms with Crippen LogP contribution in [0.25, 0.3) is 0 Å². The number of nitrogens with two attached hydrogens (primary N) is 1. The Hall–Kier alpha value is -2.83. The van der Waals surface area contributed by atoms with Crippen molar-refractivity contribution in [2.24, 2.45) is 12.8 Å². The third-order valence-electron chi connectivity index (χ3n) is 2.92. The summed E-state index contributed by atoms with van der Waals surface area (Å²) in [6, 6.07) is 5.97. The zero-order valence-corrected chi connectivity index (χ0v) is 11.8. The molecule has 7 heteroatoms. The summed E-state index contributed by atoms with van der Waals surface area (Å²) in [4.78, 5) is 23.0. The van der Waals surface area contributed by atoms with E-state index in [2.05, 4.69) is 15.7 Å². The fraction of sp³-hybridized carbons (Fsp3) is 0.214. The van der Waals surface area contributed by atoms with Crippen LogP contribution in [0.1, 0.15) is 17.3 Å². The monoisotopic (exact) mass is 287 g/mol. The van der Waals surface area contributed by atoms with Crippen LogP contribution in [0.4, 0.5) is 11.4 Å². The smallest absolute Gasteiger partial charge is 0.248 e. The van der Waals surface area contributed by atoms with Crippen molar-refractivity contribution in [3.8, 4) is 0 Å². The lowest BCUT2D eigenvalue weighted by Gasteiger charge is -2.14. The van der Waals surface area contributed by atoms with Crippen LogP contribution >= 0.6 is 0 Å². The van der Waals surface area contributed by atoms with Crippen molar-refractivity contribution in [2.75, 3.05) is 10.6 Å². The van der Waals surface area contributed by atoms with Crippen LogP contribution < -0.4 is 16.4 Å². The van der Waals surface area contributed by atoms with Crippen molar-refractivity contribution in [3.05, 3.63) is 42.2 Å². The molecular formula is C14H17N5O2. The van der Waals surface area contributed by atoms with Crippen molar-refractivity contribution >= 4 is 23.2 Å². The molecule has 2 amide bonds. The summed E-state index contributed by atoms with van der Waals surface area (Å²) in [6.45, 7) is 1.75. The minimum absolute atomic E-state index is 0.189. The molecule has 0 spiro atoms. The first-order valence-corrected chi connectivity index (χ1v) is 6.41. The lowest BCUT2D eigenvalue weighted by Crippen LogP contribution is -2.31. The van der Waals surface area contributed by atoms with Crippen LogP contribution in [-0.2, 0) is 11.8 Å². The maximum atomic E-state index is 12.0. The van der Waals surface area contributed by atoms with Gasteiger partial charge in [-0.25, -0.2) is 0 Å². The molecule has 0 aliphatic carbocycles. The van der Waals surface area contributed by atoms with Gasteiger partial charge in [0.15, 0.2) is 0 Å². The highest BCUT2D eigenvalue weighted by Crippen LogP contribution is 2.11. The molecule has 0 saturated heterocycles. The molecule has 0 aliphatic rings. The molecule has 0 aliphatic heterocycles. The number of nitrogens with zero attached hydrogens (tertiary/aromatic N) is 2. The van der Waals surface area contributed by atoms with Gasteiger partial charge < -0.3 is 16.4 Å². The summed E-state index contributed by atoms with van der Waals surface area (Å²) in [6.07, 6.45) is 3.43. The number of benzene rings is 1. The molecule has 4 N–H and O–H groups in total. The number of hydrogen-bond donors (Lipinski definition) is 3. The number of nitrogens with one attached hydrogen (secondary N) is 2. The zero-order valence-electron chi connectivity index (χ0n) is 11.8. The van der Waals surface area contributed by atoms with Crippen LogP contribution in [0.3, 0.4) is 0 Å². The molecule has 1 unspecified atom stereocenters. The summed E-state index contributed by atoms with van der Waals surface area (Å²) in [5, 5.41) is 9.81. The van der Waals surface area contributed by atoms with E-state index in [0.717, 1.165) is 5.69 Å². The molecule has 1 heterocycles. The Morgan fingerprint density at radius 1 is 1.24 bits per heavy atom. The summed E-state index contributed by atoms with van der Waals surface area (Å²) in [5.41, 5.74) is 6.92. The average molecular weight is 287 g/mol. The van der Waals surface area contributed by atoms with E-state index >= 15 is 0 Å². The summed E-state index contributed by atoms with van der Waals surface area (Å²) in [7, 11) is 1.80. The fourth-order valence-corrected chi connectivity index (χ4v) is 1.78. The number of primary amides is 1. The van der Waals surface area contributed by atoms with Crippen LogP contribution in [-0.4, -0.2) is 27.6 Å². The van der Waals surface area contributed by atoms with Gasteiger partial charge in [-0.1, -0.05) is 0 Å². The highest BCUT2D eigenvalue weighted by molar-refractivity contribution is 5.97. The molecule has 1 aromatic heterocycles. The van der Waals surface area contributed by atoms with Gasteiger partial charge in [0.1, 0.15) is 6.04 Å². The Morgan fingerprint density at radius 2 is 1.90 bits per heavy atom. The predicted octanol–water partition coefficient (Wildman–Crippen LogP) is 0.958. The normalized spacial score (nSPS) is 11.7. The molecule has 21 heavy (non-hydrogen) atoms. The zero-order chi connectivity index (χ0) is 15.4. The molecule has 0 fully saturated rings. The van der Waals surface area contributed by atoms with Gasteiger partial charge in [-0.15, -0.1) is 0 Å². The first kappa shape index (κ1) is 14.6. The second-order valence-corrected chi connectivity index (χ2v) is 4.70. The van der Waals surface area contributed by atoms with Crippen LogP contribution in [0.5, 0.6) is 0 Å². The summed E-state index contributed by atoms with van der Waals surface area (Å²) in [5.74, 6) is -0.690. The van der Waals surface area contributed by atoms with E-state index in [0.29, 0.717) is 11.3 Å². The van der Waals surface area contributed by atoms with Gasteiger partial charge in [0.05, 0.1) is 11.9 Å². The van der Waals surface area contributed by atoms with Crippen molar-refractivity contribution in [2.45, 2.75) is 13.0 Å². The number of aromatic nitrogens is 2.